The highest BCUT2D eigenvalue weighted by Gasteiger charge is 2.14. The summed E-state index contributed by atoms with van der Waals surface area (Å²) in [6.45, 7) is 0.271. The van der Waals surface area contributed by atoms with Crippen LogP contribution in [0, 0.1) is 0 Å². The van der Waals surface area contributed by atoms with Crippen molar-refractivity contribution in [3.8, 4) is 0 Å². The lowest BCUT2D eigenvalue weighted by atomic mass is 10.3. The summed E-state index contributed by atoms with van der Waals surface area (Å²) in [5.74, 6) is 0.181. The lowest BCUT2D eigenvalue weighted by Crippen LogP contribution is -2.29. The SMILES string of the molecule is COCC(=O)NCc1nc2ccccc2n1CC(=O)Nc1cccc(Br)c1. The van der Waals surface area contributed by atoms with Gasteiger partial charge in [0.25, 0.3) is 0 Å². The van der Waals surface area contributed by atoms with Gasteiger partial charge in [-0.15, -0.1) is 0 Å². The number of methoxy groups -OCH3 is 1. The normalized spacial score (nSPS) is 10.7. The number of amides is 2. The van der Waals surface area contributed by atoms with Gasteiger partial charge >= 0.3 is 0 Å². The number of halogens is 1. The van der Waals surface area contributed by atoms with Gasteiger partial charge in [-0.25, -0.2) is 4.98 Å². The average Bonchev–Trinajstić information content (AvgIpc) is 2.98. The van der Waals surface area contributed by atoms with Gasteiger partial charge < -0.3 is 19.9 Å². The maximum atomic E-state index is 12.5. The van der Waals surface area contributed by atoms with Crippen molar-refractivity contribution >= 4 is 44.5 Å². The van der Waals surface area contributed by atoms with Gasteiger partial charge in [-0.2, -0.15) is 0 Å². The molecule has 1 aromatic heterocycles. The van der Waals surface area contributed by atoms with E-state index in [-0.39, 0.29) is 31.5 Å². The van der Waals surface area contributed by atoms with Crippen LogP contribution in [0.25, 0.3) is 11.0 Å². The Hall–Kier alpha value is -2.71. The monoisotopic (exact) mass is 430 g/mol. The molecule has 2 aromatic carbocycles. The number of hydrogen-bond donors (Lipinski definition) is 2. The van der Waals surface area contributed by atoms with E-state index >= 15 is 0 Å². The molecule has 0 saturated carbocycles. The van der Waals surface area contributed by atoms with E-state index < -0.39 is 0 Å². The van der Waals surface area contributed by atoms with Gasteiger partial charge in [-0.1, -0.05) is 34.1 Å². The zero-order chi connectivity index (χ0) is 19.2. The van der Waals surface area contributed by atoms with Crippen molar-refractivity contribution in [2.45, 2.75) is 13.1 Å². The van der Waals surface area contributed by atoms with Gasteiger partial charge in [0.05, 0.1) is 17.6 Å². The molecular weight excluding hydrogens is 412 g/mol. The molecule has 0 atom stereocenters. The zero-order valence-corrected chi connectivity index (χ0v) is 16.3. The molecule has 8 heteroatoms. The standard InChI is InChI=1S/C19H19BrN4O3/c1-27-12-19(26)21-10-17-23-15-7-2-3-8-16(15)24(17)11-18(25)22-14-6-4-5-13(20)9-14/h2-9H,10-12H2,1H3,(H,21,26)(H,22,25). The van der Waals surface area contributed by atoms with Gasteiger partial charge in [-0.3, -0.25) is 9.59 Å². The van der Waals surface area contributed by atoms with Gasteiger partial charge in [0.15, 0.2) is 0 Å². The van der Waals surface area contributed by atoms with Crippen molar-refractivity contribution in [1.82, 2.24) is 14.9 Å². The predicted molar refractivity (Wildman–Crippen MR) is 106 cm³/mol. The second kappa shape index (κ2) is 8.79. The van der Waals surface area contributed by atoms with Crippen LogP contribution < -0.4 is 10.6 Å². The summed E-state index contributed by atoms with van der Waals surface area (Å²) in [6.07, 6.45) is 0. The number of nitrogens with one attached hydrogen (secondary N) is 2. The van der Waals surface area contributed by atoms with E-state index in [0.717, 1.165) is 15.5 Å². The lowest BCUT2D eigenvalue weighted by molar-refractivity contribution is -0.124. The van der Waals surface area contributed by atoms with Crippen LogP contribution in [0.1, 0.15) is 5.82 Å². The third-order valence-electron chi connectivity index (χ3n) is 3.86. The van der Waals surface area contributed by atoms with Gasteiger partial charge in [0, 0.05) is 17.3 Å². The molecule has 0 bridgehead atoms. The Morgan fingerprint density at radius 2 is 1.96 bits per heavy atom. The van der Waals surface area contributed by atoms with Crippen LogP contribution in [0.15, 0.2) is 53.0 Å². The van der Waals surface area contributed by atoms with Crippen molar-refractivity contribution in [1.29, 1.82) is 0 Å². The number of fused-ring (bicyclic) bond motifs is 1. The second-order valence-corrected chi connectivity index (χ2v) is 6.79. The molecule has 2 N–H and O–H groups in total. The van der Waals surface area contributed by atoms with Crippen LogP contribution in [0.5, 0.6) is 0 Å². The number of imidazole rings is 1. The van der Waals surface area contributed by atoms with E-state index in [2.05, 4.69) is 31.5 Å². The summed E-state index contributed by atoms with van der Waals surface area (Å²) < 4.78 is 7.50. The van der Waals surface area contributed by atoms with E-state index in [4.69, 9.17) is 4.74 Å². The molecule has 3 aromatic rings. The number of aromatic nitrogens is 2. The van der Waals surface area contributed by atoms with E-state index in [0.29, 0.717) is 11.5 Å². The first-order valence-corrected chi connectivity index (χ1v) is 9.11. The smallest absolute Gasteiger partial charge is 0.246 e. The summed E-state index contributed by atoms with van der Waals surface area (Å²) in [7, 11) is 1.46. The summed E-state index contributed by atoms with van der Waals surface area (Å²) in [6, 6.07) is 14.9. The maximum Gasteiger partial charge on any atom is 0.246 e. The highest BCUT2D eigenvalue weighted by atomic mass is 79.9. The Morgan fingerprint density at radius 1 is 1.15 bits per heavy atom. The summed E-state index contributed by atoms with van der Waals surface area (Å²) >= 11 is 3.39. The first-order chi connectivity index (χ1) is 13.1. The molecule has 7 nitrogen and oxygen atoms in total. The van der Waals surface area contributed by atoms with Crippen LogP contribution in [-0.4, -0.2) is 35.1 Å². The van der Waals surface area contributed by atoms with Crippen LogP contribution in [0.4, 0.5) is 5.69 Å². The number of rotatable bonds is 7. The van der Waals surface area contributed by atoms with E-state index in [9.17, 15) is 9.59 Å². The first-order valence-electron chi connectivity index (χ1n) is 8.32. The van der Waals surface area contributed by atoms with Crippen LogP contribution >= 0.6 is 15.9 Å². The molecule has 0 unspecified atom stereocenters. The number of ether oxygens (including phenoxy) is 1. The highest BCUT2D eigenvalue weighted by molar-refractivity contribution is 9.10. The van der Waals surface area contributed by atoms with Crippen LogP contribution in [0.3, 0.4) is 0 Å². The fraction of sp³-hybridized carbons (Fsp3) is 0.211. The van der Waals surface area contributed by atoms with Gasteiger partial charge in [0.2, 0.25) is 11.8 Å². The van der Waals surface area contributed by atoms with Crippen molar-refractivity contribution in [2.75, 3.05) is 19.0 Å². The molecule has 0 aliphatic carbocycles. The topological polar surface area (TPSA) is 85.2 Å². The number of hydrogen-bond acceptors (Lipinski definition) is 4. The Labute approximate surface area is 164 Å². The van der Waals surface area contributed by atoms with E-state index in [1.807, 2.05) is 48.5 Å². The van der Waals surface area contributed by atoms with E-state index in [1.165, 1.54) is 7.11 Å². The summed E-state index contributed by atoms with van der Waals surface area (Å²) in [5, 5.41) is 5.62. The Kier molecular flexibility index (Phi) is 6.20. The molecule has 0 fully saturated rings. The molecule has 0 aliphatic rings. The fourth-order valence-corrected chi connectivity index (χ4v) is 3.11. The fourth-order valence-electron chi connectivity index (χ4n) is 2.71. The van der Waals surface area contributed by atoms with E-state index in [1.54, 1.807) is 4.57 Å². The van der Waals surface area contributed by atoms with Crippen molar-refractivity contribution in [2.24, 2.45) is 0 Å². The van der Waals surface area contributed by atoms with Gasteiger partial charge in [-0.05, 0) is 30.3 Å². The van der Waals surface area contributed by atoms with Gasteiger partial charge in [0.1, 0.15) is 19.0 Å². The minimum atomic E-state index is -0.241. The molecule has 27 heavy (non-hydrogen) atoms. The van der Waals surface area contributed by atoms with Crippen LogP contribution in [0.2, 0.25) is 0 Å². The van der Waals surface area contributed by atoms with Crippen molar-refractivity contribution in [3.63, 3.8) is 0 Å². The molecular formula is C19H19BrN4O3. The largest absolute Gasteiger partial charge is 0.375 e. The minimum absolute atomic E-state index is 0.0242. The maximum absolute atomic E-state index is 12.5. The number of para-hydroxylation sites is 2. The van der Waals surface area contributed by atoms with Crippen molar-refractivity contribution < 1.29 is 14.3 Å². The number of carbonyl (C=O) groups is 2. The molecule has 0 aliphatic heterocycles. The Balaban J connectivity index is 1.80. The number of anilines is 1. The number of carbonyl (C=O) groups excluding carboxylic acids is 2. The first kappa shape index (κ1) is 19.1. The zero-order valence-electron chi connectivity index (χ0n) is 14.7. The third-order valence-corrected chi connectivity index (χ3v) is 4.36. The highest BCUT2D eigenvalue weighted by Crippen LogP contribution is 2.18. The summed E-state index contributed by atoms with van der Waals surface area (Å²) in [5.41, 5.74) is 2.30. The molecule has 2 amide bonds. The Morgan fingerprint density at radius 3 is 2.74 bits per heavy atom. The third kappa shape index (κ3) is 4.93. The Bertz CT molecular complexity index is 970. The molecule has 1 heterocycles. The second-order valence-electron chi connectivity index (χ2n) is 5.87. The quantitative estimate of drug-likeness (QED) is 0.603. The molecule has 3 rings (SSSR count). The molecule has 140 valence electrons. The van der Waals surface area contributed by atoms with Crippen molar-refractivity contribution in [3.05, 3.63) is 58.8 Å². The molecule has 0 radical (unpaired) electrons. The minimum Gasteiger partial charge on any atom is -0.375 e. The average molecular weight is 431 g/mol. The molecule has 0 saturated heterocycles. The number of benzene rings is 2. The summed E-state index contributed by atoms with van der Waals surface area (Å²) in [4.78, 5) is 28.8. The number of nitrogens with zero attached hydrogens (tertiary/aromatic N) is 2. The molecule has 0 spiro atoms. The lowest BCUT2D eigenvalue weighted by Gasteiger charge is -2.11. The van der Waals surface area contributed by atoms with Crippen LogP contribution in [-0.2, 0) is 27.4 Å². The predicted octanol–water partition coefficient (Wildman–Crippen LogP) is 2.70.